The number of nitrogens with two attached hydrogens (primary N) is 1. The summed E-state index contributed by atoms with van der Waals surface area (Å²) in [6.07, 6.45) is -0.260. The normalized spacial score (nSPS) is 14.8. The summed E-state index contributed by atoms with van der Waals surface area (Å²) in [5.74, 6) is -4.71. The van der Waals surface area contributed by atoms with E-state index < -0.39 is 77.9 Å². The molecule has 0 aliphatic rings. The fourth-order valence-corrected chi connectivity index (χ4v) is 5.21. The van der Waals surface area contributed by atoms with Crippen molar-refractivity contribution >= 4 is 47.1 Å². The molecule has 1 aromatic carbocycles. The van der Waals surface area contributed by atoms with Crippen molar-refractivity contribution in [3.05, 3.63) is 29.8 Å². The molecule has 1 aromatic rings. The van der Waals surface area contributed by atoms with Crippen LogP contribution >= 0.6 is 23.4 Å². The van der Waals surface area contributed by atoms with Gasteiger partial charge in [0.1, 0.15) is 29.9 Å². The maximum absolute atomic E-state index is 13.5. The van der Waals surface area contributed by atoms with Gasteiger partial charge in [-0.1, -0.05) is 26.0 Å². The largest absolute Gasteiger partial charge is 0.524 e. The number of phosphoric acid groups is 2. The first kappa shape index (κ1) is 43.3. The molecule has 0 aliphatic carbocycles. The monoisotopic (exact) mass is 749 g/mol. The SMILES string of the molecule is CC(C)C[C@H](NC(=O)[C@H](Cc1ccc(OP(=O)(O)O)cc1)NC(=O)[C@H](CCCCNP(=O)(O)O)NC(=O)[C@@H](N)COP(=O)(O)O)C(=O)O. The Morgan fingerprint density at radius 3 is 1.83 bits per heavy atom. The molecule has 48 heavy (non-hydrogen) atoms. The van der Waals surface area contributed by atoms with Gasteiger partial charge in [-0.25, -0.2) is 23.6 Å². The minimum atomic E-state index is -5.00. The molecule has 274 valence electrons. The van der Waals surface area contributed by atoms with Crippen LogP contribution in [0.1, 0.15) is 45.1 Å². The lowest BCUT2D eigenvalue weighted by Gasteiger charge is -2.26. The smallest absolute Gasteiger partial charge is 0.480 e. The number of carbonyl (C=O) groups excluding carboxylic acids is 3. The average molecular weight is 750 g/mol. The van der Waals surface area contributed by atoms with Crippen molar-refractivity contribution < 1.29 is 76.4 Å². The quantitative estimate of drug-likeness (QED) is 0.0478. The van der Waals surface area contributed by atoms with Crippen LogP contribution in [0, 0.1) is 5.92 Å². The Labute approximate surface area is 275 Å². The molecule has 0 aromatic heterocycles. The number of carboxylic acids is 1. The number of hydrogen-bond acceptors (Lipinski definition) is 10. The highest BCUT2D eigenvalue weighted by Crippen LogP contribution is 2.37. The van der Waals surface area contributed by atoms with Gasteiger partial charge in [0.05, 0.1) is 6.61 Å². The van der Waals surface area contributed by atoms with E-state index in [1.54, 1.807) is 13.8 Å². The van der Waals surface area contributed by atoms with Crippen molar-refractivity contribution in [3.63, 3.8) is 0 Å². The van der Waals surface area contributed by atoms with E-state index in [1.807, 2.05) is 5.09 Å². The van der Waals surface area contributed by atoms with Crippen molar-refractivity contribution in [1.29, 1.82) is 0 Å². The Hall–Kier alpha value is -2.77. The van der Waals surface area contributed by atoms with Gasteiger partial charge in [0.25, 0.3) is 0 Å². The van der Waals surface area contributed by atoms with Crippen LogP contribution in [0.4, 0.5) is 0 Å². The van der Waals surface area contributed by atoms with Gasteiger partial charge >= 0.3 is 29.4 Å². The molecule has 3 amide bonds. The lowest BCUT2D eigenvalue weighted by atomic mass is 10.0. The number of aliphatic carboxylic acids is 1. The Balaban J connectivity index is 3.29. The van der Waals surface area contributed by atoms with Crippen LogP contribution < -0.4 is 31.3 Å². The average Bonchev–Trinajstić information content (AvgIpc) is 2.93. The standard InChI is InChI=1S/C24H42N5O16P3/c1-14(2)11-20(24(33)34)29-23(32)19(12-15-6-8-16(9-7-15)45-48(41,42)43)28-22(31)18(5-3-4-10-26-46(35,36)37)27-21(30)17(25)13-44-47(38,39)40/h6-9,14,17-20H,3-5,10-13,25H2,1-2H3,(H,27,30)(H,28,31)(H,29,32)(H,33,34)(H2,38,39,40)(H2,41,42,43)(H3,26,35,36,37)/t17-,18-,19-,20-/m0/s1. The molecule has 0 saturated carbocycles. The lowest BCUT2D eigenvalue weighted by Crippen LogP contribution is -2.58. The number of amides is 3. The summed E-state index contributed by atoms with van der Waals surface area (Å²) < 4.78 is 41.9. The third-order valence-electron chi connectivity index (χ3n) is 6.17. The topological polar surface area (TPSA) is 354 Å². The second-order valence-electron chi connectivity index (χ2n) is 10.9. The Morgan fingerprint density at radius 1 is 0.792 bits per heavy atom. The fraction of sp³-hybridized carbons (Fsp3) is 0.583. The molecule has 4 atom stereocenters. The zero-order valence-electron chi connectivity index (χ0n) is 25.9. The van der Waals surface area contributed by atoms with Gasteiger partial charge in [-0.2, -0.15) is 0 Å². The molecule has 0 saturated heterocycles. The maximum atomic E-state index is 13.5. The van der Waals surface area contributed by atoms with E-state index in [0.29, 0.717) is 5.56 Å². The van der Waals surface area contributed by atoms with Crippen molar-refractivity contribution in [1.82, 2.24) is 21.0 Å². The molecule has 0 heterocycles. The molecule has 0 unspecified atom stereocenters. The highest BCUT2D eigenvalue weighted by atomic mass is 31.2. The number of phosphoric ester groups is 2. The predicted octanol–water partition coefficient (Wildman–Crippen LogP) is -1.43. The number of rotatable bonds is 22. The van der Waals surface area contributed by atoms with Crippen molar-refractivity contribution in [2.24, 2.45) is 11.7 Å². The second kappa shape index (κ2) is 19.4. The molecule has 21 nitrogen and oxygen atoms in total. The highest BCUT2D eigenvalue weighted by molar-refractivity contribution is 7.49. The van der Waals surface area contributed by atoms with Crippen LogP contribution in [0.25, 0.3) is 0 Å². The van der Waals surface area contributed by atoms with Crippen molar-refractivity contribution in [2.75, 3.05) is 13.2 Å². The van der Waals surface area contributed by atoms with Crippen LogP contribution in [0.5, 0.6) is 5.75 Å². The van der Waals surface area contributed by atoms with Crippen LogP contribution in [0.2, 0.25) is 0 Å². The van der Waals surface area contributed by atoms with Gasteiger partial charge in [-0.3, -0.25) is 28.7 Å². The van der Waals surface area contributed by atoms with Crippen molar-refractivity contribution in [2.45, 2.75) is 70.1 Å². The van der Waals surface area contributed by atoms with E-state index >= 15 is 0 Å². The molecule has 0 radical (unpaired) electrons. The maximum Gasteiger partial charge on any atom is 0.524 e. The molecule has 0 bridgehead atoms. The summed E-state index contributed by atoms with van der Waals surface area (Å²) in [6.45, 7) is 2.33. The summed E-state index contributed by atoms with van der Waals surface area (Å²) in [7, 11) is -14.4. The van der Waals surface area contributed by atoms with E-state index in [9.17, 15) is 38.0 Å². The number of carboxylic acid groups (broad SMARTS) is 1. The Morgan fingerprint density at radius 2 is 1.33 bits per heavy atom. The van der Waals surface area contributed by atoms with Gasteiger partial charge in [0, 0.05) is 13.0 Å². The summed E-state index contributed by atoms with van der Waals surface area (Å²) in [5.41, 5.74) is 5.96. The first-order valence-corrected chi connectivity index (χ1v) is 18.9. The van der Waals surface area contributed by atoms with Gasteiger partial charge in [-0.15, -0.1) is 0 Å². The van der Waals surface area contributed by atoms with Crippen LogP contribution in [-0.2, 0) is 43.8 Å². The van der Waals surface area contributed by atoms with Crippen molar-refractivity contribution in [3.8, 4) is 5.75 Å². The third-order valence-corrected chi connectivity index (χ3v) is 7.74. The highest BCUT2D eigenvalue weighted by Gasteiger charge is 2.31. The third kappa shape index (κ3) is 19.3. The first-order valence-electron chi connectivity index (χ1n) is 14.2. The first-order chi connectivity index (χ1) is 22.0. The molecule has 24 heteroatoms. The Bertz CT molecular complexity index is 1380. The van der Waals surface area contributed by atoms with Gasteiger partial charge in [0.2, 0.25) is 17.7 Å². The Kier molecular flexibility index (Phi) is 17.5. The minimum Gasteiger partial charge on any atom is -0.480 e. The lowest BCUT2D eigenvalue weighted by molar-refractivity contribution is -0.142. The van der Waals surface area contributed by atoms with Gasteiger partial charge in [0.15, 0.2) is 0 Å². The number of hydrogen-bond donors (Lipinski definition) is 12. The van der Waals surface area contributed by atoms with E-state index in [-0.39, 0.29) is 50.3 Å². The van der Waals surface area contributed by atoms with E-state index in [4.69, 9.17) is 35.1 Å². The zero-order chi connectivity index (χ0) is 36.9. The number of nitrogens with one attached hydrogen (secondary N) is 4. The number of unbranched alkanes of at least 4 members (excludes halogenated alkanes) is 1. The summed E-state index contributed by atoms with van der Waals surface area (Å²) >= 11 is 0. The number of carbonyl (C=O) groups is 4. The molecular weight excluding hydrogens is 707 g/mol. The molecule has 13 N–H and O–H groups in total. The van der Waals surface area contributed by atoms with Gasteiger partial charge < -0.3 is 50.9 Å². The molecule has 0 spiro atoms. The minimum absolute atomic E-state index is 0.0338. The van der Waals surface area contributed by atoms with E-state index in [0.717, 1.165) is 0 Å². The van der Waals surface area contributed by atoms with E-state index in [2.05, 4.69) is 25.0 Å². The number of benzene rings is 1. The molecular formula is C24H42N5O16P3. The molecule has 0 aliphatic heterocycles. The molecule has 1 rings (SSSR count). The summed E-state index contributed by atoms with van der Waals surface area (Å²) in [6, 6.07) is -0.943. The zero-order valence-corrected chi connectivity index (χ0v) is 28.6. The van der Waals surface area contributed by atoms with Crippen LogP contribution in [-0.4, -0.2) is 95.5 Å². The van der Waals surface area contributed by atoms with Crippen LogP contribution in [0.15, 0.2) is 24.3 Å². The summed E-state index contributed by atoms with van der Waals surface area (Å²) in [4.78, 5) is 105. The van der Waals surface area contributed by atoms with E-state index in [1.165, 1.54) is 24.3 Å². The van der Waals surface area contributed by atoms with Crippen LogP contribution in [0.3, 0.4) is 0 Å². The van der Waals surface area contributed by atoms with Gasteiger partial charge in [-0.05, 0) is 49.3 Å². The summed E-state index contributed by atoms with van der Waals surface area (Å²) in [5, 5.41) is 18.7. The molecule has 0 fully saturated rings. The second-order valence-corrected chi connectivity index (χ2v) is 14.7. The predicted molar refractivity (Wildman–Crippen MR) is 166 cm³/mol. The fourth-order valence-electron chi connectivity index (χ4n) is 4.01.